The predicted octanol–water partition coefficient (Wildman–Crippen LogP) is 3.77. The molecule has 0 unspecified atom stereocenters. The molecule has 2 aromatic rings. The molecule has 1 aromatic heterocycles. The van der Waals surface area contributed by atoms with E-state index < -0.39 is 17.3 Å². The minimum absolute atomic E-state index is 0.0367. The summed E-state index contributed by atoms with van der Waals surface area (Å²) < 4.78 is 19.3. The number of hydrogen-bond donors (Lipinski definition) is 1. The molecule has 27 heavy (non-hydrogen) atoms. The summed E-state index contributed by atoms with van der Waals surface area (Å²) in [6.45, 7) is 5.49. The standard InChI is InChI=1S/C20H22ClFN2O3/c1-20(2,3)24-19(26)17-10-12(16(22)11-23-17)8-15(25)9-13-7-14(21)5-6-18(13)27-4/h5-7,10-11H,8-9H2,1-4H3,(H,24,26). The van der Waals surface area contributed by atoms with E-state index in [9.17, 15) is 14.0 Å². The molecule has 0 aliphatic carbocycles. The number of rotatable bonds is 6. The van der Waals surface area contributed by atoms with Gasteiger partial charge in [-0.25, -0.2) is 9.37 Å². The van der Waals surface area contributed by atoms with Gasteiger partial charge in [0.05, 0.1) is 13.3 Å². The van der Waals surface area contributed by atoms with Crippen molar-refractivity contribution in [2.24, 2.45) is 0 Å². The Hall–Kier alpha value is -2.47. The van der Waals surface area contributed by atoms with Gasteiger partial charge in [0.15, 0.2) is 0 Å². The summed E-state index contributed by atoms with van der Waals surface area (Å²) in [4.78, 5) is 28.5. The number of nitrogens with zero attached hydrogens (tertiary/aromatic N) is 1. The van der Waals surface area contributed by atoms with Crippen molar-refractivity contribution < 1.29 is 18.7 Å². The molecule has 2 rings (SSSR count). The highest BCUT2D eigenvalue weighted by atomic mass is 35.5. The number of halogens is 2. The van der Waals surface area contributed by atoms with E-state index in [0.29, 0.717) is 16.3 Å². The van der Waals surface area contributed by atoms with E-state index in [2.05, 4.69) is 10.3 Å². The van der Waals surface area contributed by atoms with Crippen molar-refractivity contribution in [3.8, 4) is 5.75 Å². The van der Waals surface area contributed by atoms with Crippen molar-refractivity contribution in [1.29, 1.82) is 0 Å². The predicted molar refractivity (Wildman–Crippen MR) is 102 cm³/mol. The molecule has 0 spiro atoms. The van der Waals surface area contributed by atoms with E-state index in [-0.39, 0.29) is 29.9 Å². The molecule has 7 heteroatoms. The monoisotopic (exact) mass is 392 g/mol. The number of carbonyl (C=O) groups excluding carboxylic acids is 2. The van der Waals surface area contributed by atoms with Gasteiger partial charge in [-0.2, -0.15) is 0 Å². The molecule has 0 saturated carbocycles. The number of aromatic nitrogens is 1. The number of pyridine rings is 1. The second kappa shape index (κ2) is 8.48. The molecule has 0 aliphatic heterocycles. The number of ether oxygens (including phenoxy) is 1. The molecule has 0 bridgehead atoms. The molecule has 0 aliphatic rings. The van der Waals surface area contributed by atoms with Crippen LogP contribution in [0.3, 0.4) is 0 Å². The summed E-state index contributed by atoms with van der Waals surface area (Å²) in [7, 11) is 1.50. The van der Waals surface area contributed by atoms with Gasteiger partial charge in [0.2, 0.25) is 0 Å². The fourth-order valence-electron chi connectivity index (χ4n) is 2.52. The van der Waals surface area contributed by atoms with Crippen LogP contribution in [0.4, 0.5) is 4.39 Å². The first-order chi connectivity index (χ1) is 12.6. The number of benzene rings is 1. The Labute approximate surface area is 162 Å². The molecule has 5 nitrogen and oxygen atoms in total. The number of hydrogen-bond acceptors (Lipinski definition) is 4. The van der Waals surface area contributed by atoms with E-state index in [1.165, 1.54) is 13.2 Å². The smallest absolute Gasteiger partial charge is 0.270 e. The van der Waals surface area contributed by atoms with Gasteiger partial charge in [-0.05, 0) is 50.6 Å². The highest BCUT2D eigenvalue weighted by Gasteiger charge is 2.19. The van der Waals surface area contributed by atoms with Gasteiger partial charge >= 0.3 is 0 Å². The van der Waals surface area contributed by atoms with E-state index in [0.717, 1.165) is 6.20 Å². The van der Waals surface area contributed by atoms with Crippen molar-refractivity contribution in [2.45, 2.75) is 39.2 Å². The van der Waals surface area contributed by atoms with Crippen molar-refractivity contribution in [3.05, 3.63) is 58.1 Å². The molecule has 0 atom stereocenters. The van der Waals surface area contributed by atoms with Crippen LogP contribution < -0.4 is 10.1 Å². The Morgan fingerprint density at radius 3 is 2.48 bits per heavy atom. The molecular formula is C20H22ClFN2O3. The number of amides is 1. The van der Waals surface area contributed by atoms with E-state index >= 15 is 0 Å². The molecule has 0 fully saturated rings. The lowest BCUT2D eigenvalue weighted by Gasteiger charge is -2.20. The van der Waals surface area contributed by atoms with E-state index in [1.54, 1.807) is 18.2 Å². The SMILES string of the molecule is COc1ccc(Cl)cc1CC(=O)Cc1cc(C(=O)NC(C)(C)C)ncc1F. The van der Waals surface area contributed by atoms with Gasteiger partial charge in [0.1, 0.15) is 23.0 Å². The van der Waals surface area contributed by atoms with Gasteiger partial charge in [0.25, 0.3) is 5.91 Å². The summed E-state index contributed by atoms with van der Waals surface area (Å²) in [6.07, 6.45) is 0.828. The Balaban J connectivity index is 2.17. The molecular weight excluding hydrogens is 371 g/mol. The van der Waals surface area contributed by atoms with Crippen LogP contribution in [-0.2, 0) is 17.6 Å². The maximum absolute atomic E-state index is 14.1. The number of methoxy groups -OCH3 is 1. The first kappa shape index (κ1) is 20.8. The largest absolute Gasteiger partial charge is 0.496 e. The van der Waals surface area contributed by atoms with Crippen LogP contribution in [-0.4, -0.2) is 29.3 Å². The van der Waals surface area contributed by atoms with E-state index in [4.69, 9.17) is 16.3 Å². The Morgan fingerprint density at radius 2 is 1.85 bits per heavy atom. The Bertz CT molecular complexity index is 863. The molecule has 0 radical (unpaired) electrons. The lowest BCUT2D eigenvalue weighted by atomic mass is 10.0. The molecule has 1 N–H and O–H groups in total. The van der Waals surface area contributed by atoms with Gasteiger partial charge in [-0.15, -0.1) is 0 Å². The van der Waals surface area contributed by atoms with Crippen LogP contribution in [0.1, 0.15) is 42.4 Å². The van der Waals surface area contributed by atoms with Crippen LogP contribution in [0.25, 0.3) is 0 Å². The number of carbonyl (C=O) groups is 2. The van der Waals surface area contributed by atoms with Crippen LogP contribution in [0.5, 0.6) is 5.75 Å². The summed E-state index contributed by atoms with van der Waals surface area (Å²) >= 11 is 5.97. The molecule has 1 amide bonds. The Kier molecular flexibility index (Phi) is 6.54. The zero-order chi connectivity index (χ0) is 20.2. The van der Waals surface area contributed by atoms with E-state index in [1.807, 2.05) is 20.8 Å². The third-order valence-corrected chi connectivity index (χ3v) is 3.91. The minimum atomic E-state index is -0.631. The van der Waals surface area contributed by atoms with Crippen LogP contribution in [0, 0.1) is 5.82 Å². The zero-order valence-electron chi connectivity index (χ0n) is 15.7. The third-order valence-electron chi connectivity index (χ3n) is 3.67. The lowest BCUT2D eigenvalue weighted by Crippen LogP contribution is -2.41. The molecule has 144 valence electrons. The second-order valence-corrected chi connectivity index (χ2v) is 7.65. The minimum Gasteiger partial charge on any atom is -0.496 e. The van der Waals surface area contributed by atoms with Crippen molar-refractivity contribution in [1.82, 2.24) is 10.3 Å². The lowest BCUT2D eigenvalue weighted by molar-refractivity contribution is -0.117. The number of ketones is 1. The topological polar surface area (TPSA) is 68.3 Å². The maximum Gasteiger partial charge on any atom is 0.270 e. The van der Waals surface area contributed by atoms with Gasteiger partial charge in [0, 0.05) is 29.0 Å². The summed E-state index contributed by atoms with van der Waals surface area (Å²) in [6, 6.07) is 6.29. The van der Waals surface area contributed by atoms with Crippen molar-refractivity contribution in [2.75, 3.05) is 7.11 Å². The highest BCUT2D eigenvalue weighted by Crippen LogP contribution is 2.24. The van der Waals surface area contributed by atoms with Crippen LogP contribution in [0.15, 0.2) is 30.5 Å². The summed E-state index contributed by atoms with van der Waals surface area (Å²) in [5, 5.41) is 3.24. The van der Waals surface area contributed by atoms with Crippen LogP contribution >= 0.6 is 11.6 Å². The number of Topliss-reactive ketones (excluding diaryl/α,β-unsaturated/α-hetero) is 1. The quantitative estimate of drug-likeness (QED) is 0.812. The summed E-state index contributed by atoms with van der Waals surface area (Å²) in [5.41, 5.74) is 0.353. The van der Waals surface area contributed by atoms with Crippen molar-refractivity contribution in [3.63, 3.8) is 0 Å². The summed E-state index contributed by atoms with van der Waals surface area (Å²) in [5.74, 6) is -0.752. The maximum atomic E-state index is 14.1. The fraction of sp³-hybridized carbons (Fsp3) is 0.350. The highest BCUT2D eigenvalue weighted by molar-refractivity contribution is 6.30. The fourth-order valence-corrected chi connectivity index (χ4v) is 2.71. The van der Waals surface area contributed by atoms with Crippen molar-refractivity contribution >= 4 is 23.3 Å². The second-order valence-electron chi connectivity index (χ2n) is 7.21. The molecule has 1 heterocycles. The van der Waals surface area contributed by atoms with Crippen LogP contribution in [0.2, 0.25) is 5.02 Å². The first-order valence-electron chi connectivity index (χ1n) is 8.40. The van der Waals surface area contributed by atoms with Gasteiger partial charge in [-0.3, -0.25) is 9.59 Å². The average Bonchev–Trinajstić information content (AvgIpc) is 2.55. The first-order valence-corrected chi connectivity index (χ1v) is 8.78. The normalized spacial score (nSPS) is 11.2. The molecule has 0 saturated heterocycles. The van der Waals surface area contributed by atoms with Gasteiger partial charge < -0.3 is 10.1 Å². The zero-order valence-corrected chi connectivity index (χ0v) is 16.5. The van der Waals surface area contributed by atoms with Gasteiger partial charge in [-0.1, -0.05) is 11.6 Å². The molecule has 1 aromatic carbocycles. The average molecular weight is 393 g/mol. The Morgan fingerprint density at radius 1 is 1.19 bits per heavy atom. The number of nitrogens with one attached hydrogen (secondary N) is 1. The third kappa shape index (κ3) is 6.03.